The van der Waals surface area contributed by atoms with Crippen molar-refractivity contribution < 1.29 is 18.0 Å². The Morgan fingerprint density at radius 2 is 1.96 bits per heavy atom. The molecule has 0 aliphatic heterocycles. The third-order valence-electron chi connectivity index (χ3n) is 4.28. The molecule has 0 saturated heterocycles. The molecule has 1 aromatic carbocycles. The van der Waals surface area contributed by atoms with Gasteiger partial charge in [0.25, 0.3) is 5.91 Å². The molecule has 0 fully saturated rings. The first-order valence-electron chi connectivity index (χ1n) is 8.39. The molecule has 1 N–H and O–H groups in total. The number of nitrogens with one attached hydrogen (secondary N) is 1. The van der Waals surface area contributed by atoms with E-state index >= 15 is 0 Å². The molecular weight excluding hydrogens is 375 g/mol. The lowest BCUT2D eigenvalue weighted by Crippen LogP contribution is -2.24. The Hall–Kier alpha value is -3.50. The van der Waals surface area contributed by atoms with Gasteiger partial charge >= 0.3 is 6.18 Å². The van der Waals surface area contributed by atoms with Gasteiger partial charge in [0.2, 0.25) is 0 Å². The van der Waals surface area contributed by atoms with Crippen LogP contribution in [-0.4, -0.2) is 35.5 Å². The van der Waals surface area contributed by atoms with Crippen molar-refractivity contribution in [3.8, 4) is 0 Å². The zero-order chi connectivity index (χ0) is 19.9. The van der Waals surface area contributed by atoms with Gasteiger partial charge in [0.1, 0.15) is 5.52 Å². The molecule has 0 spiro atoms. The van der Waals surface area contributed by atoms with Gasteiger partial charge in [0, 0.05) is 18.3 Å². The fourth-order valence-corrected chi connectivity index (χ4v) is 2.83. The number of halogens is 3. The van der Waals surface area contributed by atoms with E-state index in [2.05, 4.69) is 25.8 Å². The molecule has 4 aromatic rings. The molecule has 1 amide bonds. The van der Waals surface area contributed by atoms with E-state index in [1.54, 1.807) is 22.9 Å². The molecular formula is C17H14F3N7O. The average Bonchev–Trinajstić information content (AvgIpc) is 3.28. The summed E-state index contributed by atoms with van der Waals surface area (Å²) in [6.07, 6.45) is -3.57. The average molecular weight is 389 g/mol. The molecule has 144 valence electrons. The number of hydrogen-bond acceptors (Lipinski definition) is 5. The number of aromatic nitrogens is 6. The van der Waals surface area contributed by atoms with Gasteiger partial charge < -0.3 is 5.32 Å². The first-order valence-corrected chi connectivity index (χ1v) is 8.39. The summed E-state index contributed by atoms with van der Waals surface area (Å²) in [6, 6.07) is 7.15. The highest BCUT2D eigenvalue weighted by molar-refractivity contribution is 5.97. The second-order valence-electron chi connectivity index (χ2n) is 6.05. The number of alkyl halides is 3. The first-order chi connectivity index (χ1) is 13.4. The van der Waals surface area contributed by atoms with Crippen LogP contribution < -0.4 is 5.32 Å². The molecule has 3 aromatic heterocycles. The fraction of sp³-hybridized carbons (Fsp3) is 0.235. The van der Waals surface area contributed by atoms with Gasteiger partial charge in [-0.3, -0.25) is 9.20 Å². The smallest absolute Gasteiger partial charge is 0.345 e. The van der Waals surface area contributed by atoms with E-state index < -0.39 is 17.6 Å². The van der Waals surface area contributed by atoms with Crippen LogP contribution >= 0.6 is 0 Å². The van der Waals surface area contributed by atoms with Crippen LogP contribution in [0.15, 0.2) is 36.5 Å². The Bertz CT molecular complexity index is 1180. The van der Waals surface area contributed by atoms with Crippen molar-refractivity contribution in [3.05, 3.63) is 53.5 Å². The Morgan fingerprint density at radius 3 is 2.71 bits per heavy atom. The van der Waals surface area contributed by atoms with Crippen LogP contribution in [0.5, 0.6) is 0 Å². The van der Waals surface area contributed by atoms with Crippen LogP contribution in [0, 0.1) is 0 Å². The van der Waals surface area contributed by atoms with Gasteiger partial charge in [-0.15, -0.1) is 15.3 Å². The van der Waals surface area contributed by atoms with Crippen molar-refractivity contribution in [2.45, 2.75) is 26.2 Å². The molecule has 0 unspecified atom stereocenters. The van der Waals surface area contributed by atoms with Crippen molar-refractivity contribution in [3.63, 3.8) is 0 Å². The lowest BCUT2D eigenvalue weighted by molar-refractivity contribution is -0.137. The molecule has 0 aliphatic rings. The lowest BCUT2D eigenvalue weighted by atomic mass is 10.2. The Kier molecular flexibility index (Phi) is 4.21. The number of rotatable bonds is 4. The van der Waals surface area contributed by atoms with Gasteiger partial charge in [-0.2, -0.15) is 13.2 Å². The Balaban J connectivity index is 1.55. The minimum absolute atomic E-state index is 0.0823. The predicted molar refractivity (Wildman–Crippen MR) is 92.4 cm³/mol. The van der Waals surface area contributed by atoms with E-state index in [0.29, 0.717) is 17.6 Å². The van der Waals surface area contributed by atoms with Crippen molar-refractivity contribution in [2.24, 2.45) is 0 Å². The second-order valence-corrected chi connectivity index (χ2v) is 6.05. The number of benzene rings is 1. The molecule has 0 aliphatic carbocycles. The largest absolute Gasteiger partial charge is 0.417 e. The summed E-state index contributed by atoms with van der Waals surface area (Å²) in [4.78, 5) is 12.4. The van der Waals surface area contributed by atoms with E-state index in [4.69, 9.17) is 0 Å². The zero-order valence-electron chi connectivity index (χ0n) is 14.6. The summed E-state index contributed by atoms with van der Waals surface area (Å²) in [6.45, 7) is 2.50. The maximum Gasteiger partial charge on any atom is 0.417 e. The second kappa shape index (κ2) is 6.59. The lowest BCUT2D eigenvalue weighted by Gasteiger charge is -2.08. The van der Waals surface area contributed by atoms with Crippen LogP contribution in [0.1, 0.15) is 28.7 Å². The summed E-state index contributed by atoms with van der Waals surface area (Å²) in [5.41, 5.74) is 1.19. The zero-order valence-corrected chi connectivity index (χ0v) is 14.6. The highest BCUT2D eigenvalue weighted by Gasteiger charge is 2.31. The number of pyridine rings is 1. The number of carbonyl (C=O) groups is 1. The van der Waals surface area contributed by atoms with Gasteiger partial charge in [-0.25, -0.2) is 4.68 Å². The highest BCUT2D eigenvalue weighted by Crippen LogP contribution is 2.29. The van der Waals surface area contributed by atoms with Crippen molar-refractivity contribution in [1.82, 2.24) is 34.9 Å². The molecule has 0 bridgehead atoms. The van der Waals surface area contributed by atoms with E-state index in [9.17, 15) is 18.0 Å². The van der Waals surface area contributed by atoms with E-state index in [1.165, 1.54) is 10.5 Å². The normalized spacial score (nSPS) is 12.0. The summed E-state index contributed by atoms with van der Waals surface area (Å²) < 4.78 is 41.6. The van der Waals surface area contributed by atoms with Crippen molar-refractivity contribution >= 4 is 22.6 Å². The van der Waals surface area contributed by atoms with Gasteiger partial charge in [0.05, 0.1) is 17.6 Å². The van der Waals surface area contributed by atoms with E-state index in [0.717, 1.165) is 17.8 Å². The quantitative estimate of drug-likeness (QED) is 0.579. The first kappa shape index (κ1) is 17.9. The van der Waals surface area contributed by atoms with Gasteiger partial charge in [0.15, 0.2) is 11.5 Å². The molecule has 0 saturated carbocycles. The maximum absolute atomic E-state index is 12.9. The minimum atomic E-state index is -4.48. The van der Waals surface area contributed by atoms with Crippen LogP contribution in [0.4, 0.5) is 13.2 Å². The maximum atomic E-state index is 12.9. The summed E-state index contributed by atoms with van der Waals surface area (Å²) in [7, 11) is 0. The third kappa shape index (κ3) is 3.15. The summed E-state index contributed by atoms with van der Waals surface area (Å²) >= 11 is 0. The number of nitrogens with zero attached hydrogens (tertiary/aromatic N) is 6. The van der Waals surface area contributed by atoms with E-state index in [1.807, 2.05) is 6.92 Å². The van der Waals surface area contributed by atoms with E-state index in [-0.39, 0.29) is 18.0 Å². The number of aryl methyl sites for hydroxylation is 1. The van der Waals surface area contributed by atoms with Crippen LogP contribution in [-0.2, 0) is 19.3 Å². The number of hydrogen-bond donors (Lipinski definition) is 1. The monoisotopic (exact) mass is 389 g/mol. The Labute approximate surface area is 156 Å². The van der Waals surface area contributed by atoms with Gasteiger partial charge in [-0.05, 0) is 37.3 Å². The standard InChI is InChI=1S/C17H14F3N7O/c1-2-27-13-5-3-10(7-12(13)22-25-27)16(28)21-8-15-24-23-14-6-4-11(9-26(14)15)17(18,19)20/h3-7,9H,2,8H2,1H3,(H,21,28). The Morgan fingerprint density at radius 1 is 1.14 bits per heavy atom. The summed E-state index contributed by atoms with van der Waals surface area (Å²) in [5, 5.41) is 18.3. The molecule has 28 heavy (non-hydrogen) atoms. The molecule has 8 nitrogen and oxygen atoms in total. The third-order valence-corrected chi connectivity index (χ3v) is 4.28. The number of fused-ring (bicyclic) bond motifs is 2. The van der Waals surface area contributed by atoms with Crippen LogP contribution in [0.2, 0.25) is 0 Å². The van der Waals surface area contributed by atoms with Gasteiger partial charge in [-0.1, -0.05) is 5.21 Å². The predicted octanol–water partition coefficient (Wildman–Crippen LogP) is 2.44. The SMILES string of the molecule is CCn1nnc2cc(C(=O)NCc3nnc4ccc(C(F)(F)F)cn34)ccc21. The molecule has 0 atom stereocenters. The number of carbonyl (C=O) groups excluding carboxylic acids is 1. The van der Waals surface area contributed by atoms with Crippen molar-refractivity contribution in [1.29, 1.82) is 0 Å². The number of amides is 1. The topological polar surface area (TPSA) is 90.0 Å². The van der Waals surface area contributed by atoms with Crippen LogP contribution in [0.25, 0.3) is 16.7 Å². The highest BCUT2D eigenvalue weighted by atomic mass is 19.4. The van der Waals surface area contributed by atoms with Crippen molar-refractivity contribution in [2.75, 3.05) is 0 Å². The van der Waals surface area contributed by atoms with Crippen LogP contribution in [0.3, 0.4) is 0 Å². The molecule has 4 rings (SSSR count). The molecule has 3 heterocycles. The fourth-order valence-electron chi connectivity index (χ4n) is 2.83. The molecule has 11 heteroatoms. The molecule has 0 radical (unpaired) electrons. The minimum Gasteiger partial charge on any atom is -0.345 e. The summed E-state index contributed by atoms with van der Waals surface area (Å²) in [5.74, 6) is -0.218.